The van der Waals surface area contributed by atoms with E-state index in [2.05, 4.69) is 12.2 Å². The molecule has 2 aromatic carbocycles. The fourth-order valence-electron chi connectivity index (χ4n) is 3.37. The van der Waals surface area contributed by atoms with Crippen LogP contribution in [0.4, 0.5) is 5.69 Å². The summed E-state index contributed by atoms with van der Waals surface area (Å²) in [6, 6.07) is 17.0. The molecule has 1 atom stereocenters. The molecule has 8 heteroatoms. The molecule has 1 aliphatic rings. The second-order valence-electron chi connectivity index (χ2n) is 7.25. The van der Waals surface area contributed by atoms with Crippen LogP contribution in [0.25, 0.3) is 0 Å². The Labute approximate surface area is 189 Å². The zero-order valence-electron chi connectivity index (χ0n) is 17.3. The number of aromatic nitrogens is 2. The van der Waals surface area contributed by atoms with Gasteiger partial charge in [-0.05, 0) is 17.7 Å². The number of amides is 1. The lowest BCUT2D eigenvalue weighted by Crippen LogP contribution is -2.26. The summed E-state index contributed by atoms with van der Waals surface area (Å²) in [5, 5.41) is 3.77. The molecular formula is C23H23N3O3S2. The minimum atomic E-state index is -0.165. The van der Waals surface area contributed by atoms with E-state index in [1.807, 2.05) is 48.5 Å². The predicted molar refractivity (Wildman–Crippen MR) is 125 cm³/mol. The highest BCUT2D eigenvalue weighted by Gasteiger charge is 2.26. The smallest absolute Gasteiger partial charge is 0.268 e. The average molecular weight is 454 g/mol. The molecule has 4 rings (SSSR count). The van der Waals surface area contributed by atoms with Gasteiger partial charge >= 0.3 is 0 Å². The van der Waals surface area contributed by atoms with Crippen LogP contribution < -0.4 is 15.6 Å². The average Bonchev–Trinajstić information content (AvgIpc) is 3.16. The summed E-state index contributed by atoms with van der Waals surface area (Å²) < 4.78 is 6.88. The number of nitrogens with zero attached hydrogens (tertiary/aromatic N) is 2. The van der Waals surface area contributed by atoms with Crippen molar-refractivity contribution in [1.82, 2.24) is 9.55 Å². The number of rotatable bonds is 7. The fraction of sp³-hybridized carbons (Fsp3) is 0.261. The van der Waals surface area contributed by atoms with Crippen molar-refractivity contribution < 1.29 is 9.53 Å². The lowest BCUT2D eigenvalue weighted by molar-refractivity contribution is -0.113. The first-order valence-electron chi connectivity index (χ1n) is 9.94. The van der Waals surface area contributed by atoms with Crippen molar-refractivity contribution >= 4 is 35.1 Å². The van der Waals surface area contributed by atoms with E-state index in [1.165, 1.54) is 11.8 Å². The maximum Gasteiger partial charge on any atom is 0.268 e. The molecule has 0 spiro atoms. The van der Waals surface area contributed by atoms with Gasteiger partial charge in [0.1, 0.15) is 5.75 Å². The Morgan fingerprint density at radius 1 is 1.26 bits per heavy atom. The molecule has 2 heterocycles. The Morgan fingerprint density at radius 3 is 2.84 bits per heavy atom. The first-order valence-corrected chi connectivity index (χ1v) is 11.8. The largest absolute Gasteiger partial charge is 0.497 e. The number of methoxy groups -OCH3 is 1. The first kappa shape index (κ1) is 21.5. The molecule has 0 aliphatic carbocycles. The number of hydrogen-bond donors (Lipinski definition) is 1. The van der Waals surface area contributed by atoms with Gasteiger partial charge in [0.15, 0.2) is 5.16 Å². The van der Waals surface area contributed by atoms with Gasteiger partial charge in [-0.1, -0.05) is 55.1 Å². The minimum Gasteiger partial charge on any atom is -0.497 e. The van der Waals surface area contributed by atoms with Crippen LogP contribution in [0.5, 0.6) is 5.75 Å². The third-order valence-electron chi connectivity index (χ3n) is 4.83. The Morgan fingerprint density at radius 2 is 2.06 bits per heavy atom. The van der Waals surface area contributed by atoms with Crippen LogP contribution in [0.2, 0.25) is 0 Å². The van der Waals surface area contributed by atoms with Crippen molar-refractivity contribution in [2.24, 2.45) is 0 Å². The number of ether oxygens (including phenoxy) is 1. The van der Waals surface area contributed by atoms with E-state index in [0.717, 1.165) is 22.6 Å². The summed E-state index contributed by atoms with van der Waals surface area (Å²) in [5.74, 6) is 0.663. The lowest BCUT2D eigenvalue weighted by atomic mass is 10.2. The summed E-state index contributed by atoms with van der Waals surface area (Å²) in [5.41, 5.74) is 2.49. The van der Waals surface area contributed by atoms with E-state index in [1.54, 1.807) is 29.5 Å². The molecule has 31 heavy (non-hydrogen) atoms. The van der Waals surface area contributed by atoms with Crippen LogP contribution in [0.3, 0.4) is 0 Å². The molecule has 0 saturated carbocycles. The van der Waals surface area contributed by atoms with Gasteiger partial charge in [0.05, 0.1) is 30.0 Å². The highest BCUT2D eigenvalue weighted by molar-refractivity contribution is 8.00. The molecule has 1 aliphatic heterocycles. The molecule has 1 N–H and O–H groups in total. The number of carbonyl (C=O) groups is 1. The minimum absolute atomic E-state index is 0.0288. The number of hydrogen-bond acceptors (Lipinski definition) is 6. The van der Waals surface area contributed by atoms with E-state index >= 15 is 0 Å². The van der Waals surface area contributed by atoms with E-state index in [4.69, 9.17) is 9.72 Å². The van der Waals surface area contributed by atoms with Gasteiger partial charge < -0.3 is 10.1 Å². The molecule has 3 aromatic rings. The van der Waals surface area contributed by atoms with Crippen LogP contribution in [-0.2, 0) is 17.8 Å². The molecule has 0 fully saturated rings. The maximum atomic E-state index is 13.2. The third kappa shape index (κ3) is 5.14. The highest BCUT2D eigenvalue weighted by atomic mass is 32.2. The molecule has 0 unspecified atom stereocenters. The summed E-state index contributed by atoms with van der Waals surface area (Å²) in [7, 11) is 1.58. The second-order valence-corrected chi connectivity index (χ2v) is 9.64. The van der Waals surface area contributed by atoms with Gasteiger partial charge in [0.2, 0.25) is 5.91 Å². The van der Waals surface area contributed by atoms with Gasteiger partial charge in [-0.25, -0.2) is 4.98 Å². The van der Waals surface area contributed by atoms with Gasteiger partial charge in [0.25, 0.3) is 5.56 Å². The summed E-state index contributed by atoms with van der Waals surface area (Å²) >= 11 is 2.87. The zero-order valence-corrected chi connectivity index (χ0v) is 19.0. The van der Waals surface area contributed by atoms with Crippen molar-refractivity contribution in [2.75, 3.05) is 18.2 Å². The van der Waals surface area contributed by atoms with Crippen LogP contribution in [-0.4, -0.2) is 33.6 Å². The van der Waals surface area contributed by atoms with Crippen molar-refractivity contribution in [2.45, 2.75) is 35.2 Å². The van der Waals surface area contributed by atoms with E-state index in [0.29, 0.717) is 28.4 Å². The molecule has 160 valence electrons. The van der Waals surface area contributed by atoms with E-state index < -0.39 is 0 Å². The van der Waals surface area contributed by atoms with Gasteiger partial charge in [-0.15, -0.1) is 11.8 Å². The molecule has 0 saturated heterocycles. The van der Waals surface area contributed by atoms with E-state index in [9.17, 15) is 9.59 Å². The first-order chi connectivity index (χ1) is 15.0. The molecule has 0 bridgehead atoms. The normalized spacial score (nSPS) is 14.8. The summed E-state index contributed by atoms with van der Waals surface area (Å²) in [6.07, 6.45) is 0.769. The highest BCUT2D eigenvalue weighted by Crippen LogP contribution is 2.34. The second kappa shape index (κ2) is 9.62. The number of anilines is 1. The SMILES string of the molecule is COc1cccc(NC(=O)CSc2nc3c(c(=O)n2Cc2ccccc2)S[C@H](C)C3)c1. The lowest BCUT2D eigenvalue weighted by Gasteiger charge is -2.14. The van der Waals surface area contributed by atoms with Crippen LogP contribution in [0.15, 0.2) is 69.4 Å². The molecule has 0 radical (unpaired) electrons. The topological polar surface area (TPSA) is 73.2 Å². The van der Waals surface area contributed by atoms with E-state index in [-0.39, 0.29) is 17.2 Å². The molecule has 1 amide bonds. The number of nitrogens with one attached hydrogen (secondary N) is 1. The van der Waals surface area contributed by atoms with Gasteiger partial charge in [0, 0.05) is 23.4 Å². The molecular weight excluding hydrogens is 430 g/mol. The van der Waals surface area contributed by atoms with Crippen LogP contribution >= 0.6 is 23.5 Å². The standard InChI is InChI=1S/C23H23N3O3S2/c1-15-11-19-21(31-15)22(28)26(13-16-7-4-3-5-8-16)23(25-19)30-14-20(27)24-17-9-6-10-18(12-17)29-2/h3-10,12,15H,11,13-14H2,1-2H3,(H,24,27)/t15-/m1/s1. The maximum absolute atomic E-state index is 13.2. The number of benzene rings is 2. The quantitative estimate of drug-likeness (QED) is 0.430. The zero-order chi connectivity index (χ0) is 21.8. The Balaban J connectivity index is 1.55. The summed E-state index contributed by atoms with van der Waals surface area (Å²) in [6.45, 7) is 2.52. The summed E-state index contributed by atoms with van der Waals surface area (Å²) in [4.78, 5) is 31.2. The van der Waals surface area contributed by atoms with Crippen molar-refractivity contribution in [3.8, 4) is 5.75 Å². The van der Waals surface area contributed by atoms with Gasteiger partial charge in [-0.3, -0.25) is 14.2 Å². The predicted octanol–water partition coefficient (Wildman–Crippen LogP) is 4.07. The monoisotopic (exact) mass is 453 g/mol. The molecule has 1 aromatic heterocycles. The number of carbonyl (C=O) groups excluding carboxylic acids is 1. The Hall–Kier alpha value is -2.71. The number of thioether (sulfide) groups is 2. The van der Waals surface area contributed by atoms with Crippen LogP contribution in [0, 0.1) is 0 Å². The third-order valence-corrected chi connectivity index (χ3v) is 7.02. The van der Waals surface area contributed by atoms with Gasteiger partial charge in [-0.2, -0.15) is 0 Å². The molecule has 6 nitrogen and oxygen atoms in total. The number of fused-ring (bicyclic) bond motifs is 1. The van der Waals surface area contributed by atoms with Crippen molar-refractivity contribution in [3.63, 3.8) is 0 Å². The van der Waals surface area contributed by atoms with Crippen molar-refractivity contribution in [3.05, 3.63) is 76.2 Å². The fourth-order valence-corrected chi connectivity index (χ4v) is 5.30. The Bertz CT molecular complexity index is 1150. The van der Waals surface area contributed by atoms with Crippen LogP contribution in [0.1, 0.15) is 18.2 Å². The Kier molecular flexibility index (Phi) is 6.67. The van der Waals surface area contributed by atoms with Crippen molar-refractivity contribution in [1.29, 1.82) is 0 Å².